The predicted octanol–water partition coefficient (Wildman–Crippen LogP) is -0.276. The summed E-state index contributed by atoms with van der Waals surface area (Å²) in [6, 6.07) is 1.74. The summed E-state index contributed by atoms with van der Waals surface area (Å²) in [5.41, 5.74) is 0.163. The van der Waals surface area contributed by atoms with Crippen LogP contribution >= 0.6 is 0 Å². The Kier molecular flexibility index (Phi) is 6.77. The number of hydrogen-bond acceptors (Lipinski definition) is 9. The molecule has 0 aliphatic carbocycles. The molecule has 2 amide bonds. The molecular formula is C18H23N3O8S. The van der Waals surface area contributed by atoms with Crippen LogP contribution in [-0.2, 0) is 28.9 Å². The Hall–Kier alpha value is -2.86. The van der Waals surface area contributed by atoms with Gasteiger partial charge in [-0.2, -0.15) is 0 Å². The zero-order chi connectivity index (χ0) is 21.7. The Balaban J connectivity index is 1.71. The fourth-order valence-corrected chi connectivity index (χ4v) is 4.42. The van der Waals surface area contributed by atoms with Gasteiger partial charge in [0.05, 0.1) is 42.2 Å². The van der Waals surface area contributed by atoms with Gasteiger partial charge in [-0.1, -0.05) is 0 Å². The Morgan fingerprint density at radius 3 is 2.63 bits per heavy atom. The highest BCUT2D eigenvalue weighted by molar-refractivity contribution is 7.91. The Morgan fingerprint density at radius 1 is 1.27 bits per heavy atom. The van der Waals surface area contributed by atoms with Crippen molar-refractivity contribution in [1.29, 1.82) is 0 Å². The van der Waals surface area contributed by atoms with Crippen LogP contribution < -0.4 is 10.6 Å². The van der Waals surface area contributed by atoms with Gasteiger partial charge in [0.1, 0.15) is 18.4 Å². The molecular weight excluding hydrogens is 418 g/mol. The van der Waals surface area contributed by atoms with Crippen molar-refractivity contribution in [2.75, 3.05) is 44.4 Å². The van der Waals surface area contributed by atoms with Crippen LogP contribution in [0.5, 0.6) is 0 Å². The van der Waals surface area contributed by atoms with Crippen LogP contribution in [0.1, 0.15) is 18.7 Å². The van der Waals surface area contributed by atoms with Crippen molar-refractivity contribution in [2.45, 2.75) is 13.0 Å². The number of rotatable bonds is 7. The molecule has 0 bridgehead atoms. The average Bonchev–Trinajstić information content (AvgIpc) is 3.22. The van der Waals surface area contributed by atoms with Crippen LogP contribution in [-0.4, -0.2) is 75.6 Å². The average molecular weight is 441 g/mol. The summed E-state index contributed by atoms with van der Waals surface area (Å²) in [6.45, 7) is 1.81. The molecule has 1 saturated heterocycles. The first-order valence-electron chi connectivity index (χ1n) is 9.38. The third-order valence-corrected chi connectivity index (χ3v) is 6.25. The van der Waals surface area contributed by atoms with Crippen LogP contribution in [0.4, 0.5) is 4.79 Å². The minimum Gasteiger partial charge on any atom is -0.467 e. The van der Waals surface area contributed by atoms with Crippen molar-refractivity contribution < 1.29 is 36.7 Å². The van der Waals surface area contributed by atoms with Gasteiger partial charge in [-0.3, -0.25) is 9.69 Å². The van der Waals surface area contributed by atoms with Gasteiger partial charge in [0.25, 0.3) is 0 Å². The van der Waals surface area contributed by atoms with Gasteiger partial charge in [0.15, 0.2) is 9.84 Å². The molecule has 0 spiro atoms. The van der Waals surface area contributed by atoms with Crippen molar-refractivity contribution >= 4 is 27.8 Å². The summed E-state index contributed by atoms with van der Waals surface area (Å²) in [6.07, 6.45) is 1.41. The van der Waals surface area contributed by atoms with Crippen LogP contribution in [0.3, 0.4) is 0 Å². The normalized spacial score (nSPS) is 21.5. The molecule has 1 atom stereocenters. The monoisotopic (exact) mass is 441 g/mol. The van der Waals surface area contributed by atoms with Gasteiger partial charge in [-0.15, -0.1) is 0 Å². The van der Waals surface area contributed by atoms with Crippen LogP contribution in [0, 0.1) is 0 Å². The Labute approximate surface area is 173 Å². The molecule has 3 heterocycles. The molecule has 2 N–H and O–H groups in total. The maximum atomic E-state index is 12.5. The molecule has 1 aromatic heterocycles. The van der Waals surface area contributed by atoms with Crippen molar-refractivity contribution in [2.24, 2.45) is 0 Å². The second-order valence-electron chi connectivity index (χ2n) is 6.75. The number of amides is 2. The van der Waals surface area contributed by atoms with E-state index in [2.05, 4.69) is 10.6 Å². The van der Waals surface area contributed by atoms with Crippen molar-refractivity contribution in [3.63, 3.8) is 0 Å². The smallest absolute Gasteiger partial charge is 0.338 e. The number of nitrogens with zero attached hydrogens (tertiary/aromatic N) is 1. The molecule has 164 valence electrons. The third-order valence-electron chi connectivity index (χ3n) is 4.64. The van der Waals surface area contributed by atoms with Gasteiger partial charge >= 0.3 is 18.0 Å². The maximum absolute atomic E-state index is 12.5. The van der Waals surface area contributed by atoms with E-state index >= 15 is 0 Å². The predicted molar refractivity (Wildman–Crippen MR) is 103 cm³/mol. The quantitative estimate of drug-likeness (QED) is 0.546. The number of hydrogen-bond donors (Lipinski definition) is 2. The first-order chi connectivity index (χ1) is 14.3. The molecule has 1 fully saturated rings. The first-order valence-corrected chi connectivity index (χ1v) is 11.2. The lowest BCUT2D eigenvalue weighted by atomic mass is 10.0. The molecule has 11 nitrogen and oxygen atoms in total. The van der Waals surface area contributed by atoms with Gasteiger partial charge < -0.3 is 24.5 Å². The zero-order valence-corrected chi connectivity index (χ0v) is 17.2. The molecule has 30 heavy (non-hydrogen) atoms. The molecule has 1 aromatic rings. The SMILES string of the molecule is CCOC(=O)C1=C(COC(=O)CN2CCS(=O)(=O)CC2)NC(=O)NC1c1ccco1. The van der Waals surface area contributed by atoms with E-state index in [1.165, 1.54) is 6.26 Å². The number of sulfone groups is 1. The van der Waals surface area contributed by atoms with E-state index in [1.807, 2.05) is 0 Å². The van der Waals surface area contributed by atoms with Gasteiger partial charge in [0.2, 0.25) is 0 Å². The first kappa shape index (κ1) is 21.8. The van der Waals surface area contributed by atoms with Gasteiger partial charge in [-0.05, 0) is 19.1 Å². The summed E-state index contributed by atoms with van der Waals surface area (Å²) in [5, 5.41) is 5.08. The number of urea groups is 1. The lowest BCUT2D eigenvalue weighted by Gasteiger charge is -2.28. The largest absolute Gasteiger partial charge is 0.467 e. The molecule has 12 heteroatoms. The minimum absolute atomic E-state index is 0.00894. The topological polar surface area (TPSA) is 144 Å². The maximum Gasteiger partial charge on any atom is 0.338 e. The van der Waals surface area contributed by atoms with E-state index in [0.717, 1.165) is 0 Å². The summed E-state index contributed by atoms with van der Waals surface area (Å²) in [5.74, 6) is -0.979. The second kappa shape index (κ2) is 9.30. The van der Waals surface area contributed by atoms with E-state index in [0.29, 0.717) is 5.76 Å². The summed E-state index contributed by atoms with van der Waals surface area (Å²) < 4.78 is 38.6. The van der Waals surface area contributed by atoms with Crippen LogP contribution in [0.15, 0.2) is 34.1 Å². The summed E-state index contributed by atoms with van der Waals surface area (Å²) >= 11 is 0. The molecule has 0 aromatic carbocycles. The number of carbonyl (C=O) groups excluding carboxylic acids is 3. The fraction of sp³-hybridized carbons (Fsp3) is 0.500. The highest BCUT2D eigenvalue weighted by atomic mass is 32.2. The number of ether oxygens (including phenoxy) is 2. The number of furan rings is 1. The van der Waals surface area contributed by atoms with Crippen molar-refractivity contribution in [3.8, 4) is 0 Å². The molecule has 1 unspecified atom stereocenters. The number of nitrogens with one attached hydrogen (secondary N) is 2. The second-order valence-corrected chi connectivity index (χ2v) is 9.05. The minimum atomic E-state index is -3.05. The van der Waals surface area contributed by atoms with Crippen molar-refractivity contribution in [1.82, 2.24) is 15.5 Å². The summed E-state index contributed by atoms with van der Waals surface area (Å²) in [4.78, 5) is 38.5. The molecule has 0 radical (unpaired) electrons. The van der Waals surface area contributed by atoms with Crippen LogP contribution in [0.25, 0.3) is 0 Å². The highest BCUT2D eigenvalue weighted by Gasteiger charge is 2.36. The number of esters is 2. The Morgan fingerprint density at radius 2 is 2.00 bits per heavy atom. The molecule has 2 aliphatic heterocycles. The Bertz CT molecular complexity index is 925. The zero-order valence-electron chi connectivity index (χ0n) is 16.4. The van der Waals surface area contributed by atoms with E-state index in [4.69, 9.17) is 13.9 Å². The van der Waals surface area contributed by atoms with E-state index < -0.39 is 33.8 Å². The fourth-order valence-electron chi connectivity index (χ4n) is 3.14. The van der Waals surface area contributed by atoms with Crippen LogP contribution in [0.2, 0.25) is 0 Å². The third kappa shape index (κ3) is 5.39. The van der Waals surface area contributed by atoms with E-state index in [-0.39, 0.29) is 55.6 Å². The molecule has 3 rings (SSSR count). The highest BCUT2D eigenvalue weighted by Crippen LogP contribution is 2.28. The standard InChI is InChI=1S/C18H23N3O8S/c1-2-27-17(23)15-12(19-18(24)20-16(15)13-4-3-7-28-13)11-29-14(22)10-21-5-8-30(25,26)9-6-21/h3-4,7,16H,2,5-6,8-11H2,1H3,(H2,19,20,24). The van der Waals surface area contributed by atoms with Gasteiger partial charge in [-0.25, -0.2) is 18.0 Å². The molecule has 0 saturated carbocycles. The lowest BCUT2D eigenvalue weighted by molar-refractivity contribution is -0.144. The van der Waals surface area contributed by atoms with E-state index in [1.54, 1.807) is 24.0 Å². The number of carbonyl (C=O) groups is 3. The van der Waals surface area contributed by atoms with Crippen molar-refractivity contribution in [3.05, 3.63) is 35.4 Å². The summed E-state index contributed by atoms with van der Waals surface area (Å²) in [7, 11) is -3.05. The lowest BCUT2D eigenvalue weighted by Crippen LogP contribution is -2.47. The van der Waals surface area contributed by atoms with Gasteiger partial charge in [0, 0.05) is 13.1 Å². The molecule has 2 aliphatic rings. The van der Waals surface area contributed by atoms with E-state index in [9.17, 15) is 22.8 Å².